The second-order valence-electron chi connectivity index (χ2n) is 8.80. The van der Waals surface area contributed by atoms with Gasteiger partial charge in [-0.2, -0.15) is 5.10 Å². The zero-order chi connectivity index (χ0) is 24.0. The molecule has 7 nitrogen and oxygen atoms in total. The minimum absolute atomic E-state index is 0.0242. The number of nitrogens with one attached hydrogen (secondary N) is 1. The zero-order valence-electron chi connectivity index (χ0n) is 19.0. The van der Waals surface area contributed by atoms with Crippen molar-refractivity contribution in [2.75, 3.05) is 5.32 Å². The Balaban J connectivity index is 1.65. The second-order valence-corrected chi connectivity index (χ2v) is 8.80. The number of nitrogens with zero attached hydrogens (tertiary/aromatic N) is 3. The summed E-state index contributed by atoms with van der Waals surface area (Å²) in [5.41, 5.74) is 6.16. The quantitative estimate of drug-likeness (QED) is 0.440. The number of aromatic nitrogens is 3. The summed E-state index contributed by atoms with van der Waals surface area (Å²) >= 11 is 0. The van der Waals surface area contributed by atoms with E-state index in [2.05, 4.69) is 21.2 Å². The van der Waals surface area contributed by atoms with Gasteiger partial charge in [0.05, 0.1) is 29.9 Å². The van der Waals surface area contributed by atoms with Crippen LogP contribution in [0.25, 0.3) is 10.9 Å². The number of hydrogen-bond acceptors (Lipinski definition) is 3. The Kier molecular flexibility index (Phi) is 5.43. The van der Waals surface area contributed by atoms with Gasteiger partial charge >= 0.3 is 5.97 Å². The number of rotatable bonds is 6. The first-order valence-electron chi connectivity index (χ1n) is 11.2. The predicted molar refractivity (Wildman–Crippen MR) is 126 cm³/mol. The SMILES string of the molecule is Cc1nn(CCC(=O)O)c(C)c1C1CC(=O)Nc2cccc3c2c1cn3Cc1cccc(F)c1. The normalized spacial score (nSPS) is 15.4. The molecule has 0 fully saturated rings. The lowest BCUT2D eigenvalue weighted by Gasteiger charge is -2.15. The predicted octanol–water partition coefficient (Wildman–Crippen LogP) is 4.59. The summed E-state index contributed by atoms with van der Waals surface area (Å²) in [6.45, 7) is 4.59. The highest BCUT2D eigenvalue weighted by Crippen LogP contribution is 2.42. The van der Waals surface area contributed by atoms with E-state index in [4.69, 9.17) is 5.11 Å². The third-order valence-electron chi connectivity index (χ3n) is 6.54. The average molecular weight is 461 g/mol. The fraction of sp³-hybridized carbons (Fsp3) is 0.269. The number of amides is 1. The lowest BCUT2D eigenvalue weighted by molar-refractivity contribution is -0.137. The zero-order valence-corrected chi connectivity index (χ0v) is 19.0. The van der Waals surface area contributed by atoms with Crippen LogP contribution < -0.4 is 5.32 Å². The average Bonchev–Trinajstić information content (AvgIpc) is 3.23. The van der Waals surface area contributed by atoms with Crippen molar-refractivity contribution in [2.45, 2.75) is 45.7 Å². The molecule has 0 saturated carbocycles. The Morgan fingerprint density at radius 2 is 2.03 bits per heavy atom. The van der Waals surface area contributed by atoms with E-state index >= 15 is 0 Å². The molecule has 5 rings (SSSR count). The van der Waals surface area contributed by atoms with Crippen molar-refractivity contribution in [3.05, 3.63) is 82.6 Å². The highest BCUT2D eigenvalue weighted by atomic mass is 19.1. The van der Waals surface area contributed by atoms with Gasteiger partial charge in [0.25, 0.3) is 0 Å². The second kappa shape index (κ2) is 8.44. The molecule has 2 aromatic carbocycles. The van der Waals surface area contributed by atoms with Gasteiger partial charge in [-0.25, -0.2) is 4.39 Å². The third-order valence-corrected chi connectivity index (χ3v) is 6.54. The summed E-state index contributed by atoms with van der Waals surface area (Å²) in [5.74, 6) is -1.48. The molecular formula is C26H25FN4O3. The molecule has 3 heterocycles. The summed E-state index contributed by atoms with van der Waals surface area (Å²) in [6.07, 6.45) is 2.28. The van der Waals surface area contributed by atoms with E-state index in [-0.39, 0.29) is 37.0 Å². The molecule has 1 amide bonds. The molecule has 0 saturated heterocycles. The van der Waals surface area contributed by atoms with Crippen molar-refractivity contribution in [1.82, 2.24) is 14.3 Å². The Labute approximate surface area is 195 Å². The number of anilines is 1. The monoisotopic (exact) mass is 460 g/mol. The van der Waals surface area contributed by atoms with Gasteiger partial charge < -0.3 is 15.0 Å². The highest BCUT2D eigenvalue weighted by Gasteiger charge is 2.31. The number of hydrogen-bond donors (Lipinski definition) is 2. The van der Waals surface area contributed by atoms with Gasteiger partial charge in [0.15, 0.2) is 0 Å². The van der Waals surface area contributed by atoms with Crippen LogP contribution in [0.4, 0.5) is 10.1 Å². The minimum Gasteiger partial charge on any atom is -0.481 e. The van der Waals surface area contributed by atoms with Crippen LogP contribution in [0.2, 0.25) is 0 Å². The molecule has 1 aliphatic heterocycles. The number of carboxylic acids is 1. The number of aryl methyl sites for hydroxylation is 2. The van der Waals surface area contributed by atoms with Crippen molar-refractivity contribution in [1.29, 1.82) is 0 Å². The van der Waals surface area contributed by atoms with Crippen LogP contribution in [0, 0.1) is 19.7 Å². The number of halogens is 1. The maximum Gasteiger partial charge on any atom is 0.305 e. The molecule has 4 aromatic rings. The van der Waals surface area contributed by atoms with Crippen molar-refractivity contribution in [3.8, 4) is 0 Å². The van der Waals surface area contributed by atoms with Crippen molar-refractivity contribution in [2.24, 2.45) is 0 Å². The van der Waals surface area contributed by atoms with Crippen molar-refractivity contribution < 1.29 is 19.1 Å². The summed E-state index contributed by atoms with van der Waals surface area (Å²) in [6, 6.07) is 12.4. The molecule has 1 unspecified atom stereocenters. The van der Waals surface area contributed by atoms with Crippen LogP contribution in [0.15, 0.2) is 48.7 Å². The molecule has 1 atom stereocenters. The molecule has 2 N–H and O–H groups in total. The van der Waals surface area contributed by atoms with E-state index in [1.165, 1.54) is 12.1 Å². The van der Waals surface area contributed by atoms with Crippen LogP contribution in [0.1, 0.15) is 46.8 Å². The largest absolute Gasteiger partial charge is 0.481 e. The first-order chi connectivity index (χ1) is 16.3. The lowest BCUT2D eigenvalue weighted by Crippen LogP contribution is -2.15. The molecule has 0 bridgehead atoms. The molecule has 0 radical (unpaired) electrons. The van der Waals surface area contributed by atoms with Gasteiger partial charge in [-0.15, -0.1) is 0 Å². The first-order valence-corrected chi connectivity index (χ1v) is 11.2. The molecule has 8 heteroatoms. The maximum absolute atomic E-state index is 13.8. The van der Waals surface area contributed by atoms with Crippen molar-refractivity contribution >= 4 is 28.5 Å². The minimum atomic E-state index is -0.881. The van der Waals surface area contributed by atoms with Gasteiger partial charge in [-0.05, 0) is 49.2 Å². The van der Waals surface area contributed by atoms with Gasteiger partial charge in [-0.1, -0.05) is 18.2 Å². The Bertz CT molecular complexity index is 1440. The van der Waals surface area contributed by atoms with E-state index in [0.717, 1.165) is 44.7 Å². The molecule has 0 aliphatic carbocycles. The lowest BCUT2D eigenvalue weighted by atomic mass is 9.87. The molecule has 34 heavy (non-hydrogen) atoms. The van der Waals surface area contributed by atoms with Crippen LogP contribution in [0.5, 0.6) is 0 Å². The fourth-order valence-corrected chi connectivity index (χ4v) is 5.10. The van der Waals surface area contributed by atoms with Crippen LogP contribution >= 0.6 is 0 Å². The smallest absolute Gasteiger partial charge is 0.305 e. The summed E-state index contributed by atoms with van der Waals surface area (Å²) in [4.78, 5) is 23.9. The number of aliphatic carboxylic acids is 1. The van der Waals surface area contributed by atoms with E-state index in [1.54, 1.807) is 10.7 Å². The number of carbonyl (C=O) groups is 2. The number of benzene rings is 2. The van der Waals surface area contributed by atoms with Gasteiger partial charge in [0.1, 0.15) is 5.82 Å². The molecule has 2 aromatic heterocycles. The Morgan fingerprint density at radius 1 is 1.24 bits per heavy atom. The van der Waals surface area contributed by atoms with E-state index in [9.17, 15) is 14.0 Å². The third kappa shape index (κ3) is 3.85. The van der Waals surface area contributed by atoms with E-state index < -0.39 is 5.97 Å². The topological polar surface area (TPSA) is 89.2 Å². The van der Waals surface area contributed by atoms with E-state index in [1.807, 2.05) is 38.1 Å². The molecular weight excluding hydrogens is 435 g/mol. The first kappa shape index (κ1) is 21.9. The van der Waals surface area contributed by atoms with Crippen LogP contribution in [-0.2, 0) is 22.7 Å². The molecule has 174 valence electrons. The summed E-state index contributed by atoms with van der Waals surface area (Å²) in [5, 5.41) is 17.7. The van der Waals surface area contributed by atoms with E-state index in [0.29, 0.717) is 6.54 Å². The van der Waals surface area contributed by atoms with Crippen molar-refractivity contribution in [3.63, 3.8) is 0 Å². The summed E-state index contributed by atoms with van der Waals surface area (Å²) in [7, 11) is 0. The maximum atomic E-state index is 13.8. The van der Waals surface area contributed by atoms with Gasteiger partial charge in [-0.3, -0.25) is 14.3 Å². The van der Waals surface area contributed by atoms with Crippen LogP contribution in [-0.4, -0.2) is 31.3 Å². The Morgan fingerprint density at radius 3 is 2.79 bits per heavy atom. The highest BCUT2D eigenvalue weighted by molar-refractivity contribution is 6.06. The van der Waals surface area contributed by atoms with Crippen LogP contribution in [0.3, 0.4) is 0 Å². The fourth-order valence-electron chi connectivity index (χ4n) is 5.10. The number of carboxylic acid groups (broad SMARTS) is 1. The van der Waals surface area contributed by atoms with Gasteiger partial charge in [0, 0.05) is 41.7 Å². The summed E-state index contributed by atoms with van der Waals surface area (Å²) < 4.78 is 17.6. The Hall–Kier alpha value is -3.94. The standard InChI is InChI=1S/C26H25FN4O3/c1-15-25(16(2)31(29-15)10-9-24(33)34)19-12-23(32)28-21-7-4-8-22-26(21)20(19)14-30(22)13-17-5-3-6-18(27)11-17/h3-8,11,14,19H,9-10,12-13H2,1-2H3,(H,28,32)(H,33,34). The van der Waals surface area contributed by atoms with Gasteiger partial charge in [0.2, 0.25) is 5.91 Å². The molecule has 1 aliphatic rings. The number of carbonyl (C=O) groups excluding carboxylic acids is 1. The molecule has 0 spiro atoms.